The van der Waals surface area contributed by atoms with Gasteiger partial charge in [-0.1, -0.05) is 23.8 Å². The molecule has 7 heteroatoms. The van der Waals surface area contributed by atoms with E-state index in [0.717, 1.165) is 0 Å². The first-order valence-corrected chi connectivity index (χ1v) is 6.88. The van der Waals surface area contributed by atoms with Crippen molar-refractivity contribution in [2.75, 3.05) is 18.5 Å². The molecule has 108 valence electrons. The number of thiocarbonyl (C=S) groups is 1. The maximum atomic E-state index is 13.1. The van der Waals surface area contributed by atoms with E-state index in [1.165, 1.54) is 18.2 Å². The molecule has 1 fully saturated rings. The number of rotatable bonds is 3. The largest absolute Gasteiger partial charge is 0.392 e. The van der Waals surface area contributed by atoms with Gasteiger partial charge in [-0.05, 0) is 31.0 Å². The molecule has 1 saturated heterocycles. The van der Waals surface area contributed by atoms with Crippen molar-refractivity contribution in [2.24, 2.45) is 11.1 Å². The van der Waals surface area contributed by atoms with Crippen LogP contribution in [0, 0.1) is 11.2 Å². The van der Waals surface area contributed by atoms with Gasteiger partial charge in [0.25, 0.3) is 0 Å². The highest BCUT2D eigenvalue weighted by Crippen LogP contribution is 2.33. The van der Waals surface area contributed by atoms with Crippen LogP contribution in [0.2, 0.25) is 5.02 Å². The van der Waals surface area contributed by atoms with Crippen molar-refractivity contribution in [3.05, 3.63) is 29.0 Å². The van der Waals surface area contributed by atoms with Crippen LogP contribution in [0.15, 0.2) is 18.2 Å². The minimum atomic E-state index is -0.922. The average Bonchev–Trinajstić information content (AvgIpc) is 2.43. The van der Waals surface area contributed by atoms with Crippen molar-refractivity contribution in [3.63, 3.8) is 0 Å². The molecule has 1 amide bonds. The summed E-state index contributed by atoms with van der Waals surface area (Å²) < 4.78 is 18.3. The molecule has 0 aromatic heterocycles. The summed E-state index contributed by atoms with van der Waals surface area (Å²) in [6.07, 6.45) is 0.867. The lowest BCUT2D eigenvalue weighted by molar-refractivity contribution is -0.126. The second kappa shape index (κ2) is 6.03. The number of amides is 1. The number of ether oxygens (including phenoxy) is 1. The Bertz CT molecular complexity index is 547. The molecule has 1 aromatic carbocycles. The van der Waals surface area contributed by atoms with Crippen molar-refractivity contribution >= 4 is 40.4 Å². The Labute approximate surface area is 126 Å². The zero-order valence-electron chi connectivity index (χ0n) is 10.6. The van der Waals surface area contributed by atoms with Crippen molar-refractivity contribution < 1.29 is 13.9 Å². The maximum Gasteiger partial charge on any atom is 0.237 e. The van der Waals surface area contributed by atoms with Crippen LogP contribution in [-0.4, -0.2) is 24.1 Å². The van der Waals surface area contributed by atoms with Crippen molar-refractivity contribution in [2.45, 2.75) is 12.8 Å². The Hall–Kier alpha value is -1.24. The standard InChI is InChI=1S/C13H14ClFN2O2S/c14-9-7-8(1-2-10(9)15)17-12(18)13(11(16)20)3-5-19-6-4-13/h1-2,7H,3-6H2,(H2,16,20)(H,17,18). The van der Waals surface area contributed by atoms with Crippen LogP contribution >= 0.6 is 23.8 Å². The molecule has 0 spiro atoms. The lowest BCUT2D eigenvalue weighted by atomic mass is 9.79. The molecule has 2 rings (SSSR count). The second-order valence-corrected chi connectivity index (χ2v) is 5.49. The van der Waals surface area contributed by atoms with Crippen LogP contribution in [0.25, 0.3) is 0 Å². The van der Waals surface area contributed by atoms with Crippen LogP contribution in [0.1, 0.15) is 12.8 Å². The maximum absolute atomic E-state index is 13.1. The van der Waals surface area contributed by atoms with Gasteiger partial charge in [-0.3, -0.25) is 4.79 Å². The van der Waals surface area contributed by atoms with E-state index in [4.69, 9.17) is 34.3 Å². The van der Waals surface area contributed by atoms with Gasteiger partial charge in [-0.25, -0.2) is 4.39 Å². The summed E-state index contributed by atoms with van der Waals surface area (Å²) in [7, 11) is 0. The van der Waals surface area contributed by atoms with Gasteiger partial charge >= 0.3 is 0 Å². The molecule has 1 aliphatic rings. The summed E-state index contributed by atoms with van der Waals surface area (Å²) in [5.74, 6) is -0.851. The van der Waals surface area contributed by atoms with Gasteiger partial charge in [0.1, 0.15) is 11.2 Å². The normalized spacial score (nSPS) is 17.5. The summed E-state index contributed by atoms with van der Waals surface area (Å²) in [6, 6.07) is 3.97. The molecule has 3 N–H and O–H groups in total. The Morgan fingerprint density at radius 2 is 2.10 bits per heavy atom. The highest BCUT2D eigenvalue weighted by molar-refractivity contribution is 7.80. The van der Waals surface area contributed by atoms with Gasteiger partial charge in [-0.15, -0.1) is 0 Å². The number of carbonyl (C=O) groups is 1. The molecule has 1 aromatic rings. The van der Waals surface area contributed by atoms with Gasteiger partial charge in [0.05, 0.1) is 10.0 Å². The molecule has 0 aliphatic carbocycles. The third-order valence-electron chi connectivity index (χ3n) is 3.43. The Morgan fingerprint density at radius 1 is 1.45 bits per heavy atom. The number of halogens is 2. The molecule has 0 atom stereocenters. The first-order chi connectivity index (χ1) is 9.45. The van der Waals surface area contributed by atoms with E-state index in [2.05, 4.69) is 5.32 Å². The van der Waals surface area contributed by atoms with Gasteiger partial charge in [0.2, 0.25) is 5.91 Å². The summed E-state index contributed by atoms with van der Waals surface area (Å²) in [5, 5.41) is 2.63. The average molecular weight is 317 g/mol. The van der Waals surface area contributed by atoms with E-state index in [9.17, 15) is 9.18 Å². The molecule has 0 radical (unpaired) electrons. The van der Waals surface area contributed by atoms with Crippen LogP contribution in [-0.2, 0) is 9.53 Å². The molecule has 1 heterocycles. The summed E-state index contributed by atoms with van der Waals surface area (Å²) in [6.45, 7) is 0.851. The molecular formula is C13H14ClFN2O2S. The van der Waals surface area contributed by atoms with Gasteiger partial charge in [0.15, 0.2) is 0 Å². The molecule has 0 saturated carbocycles. The molecule has 0 unspecified atom stereocenters. The fraction of sp³-hybridized carbons (Fsp3) is 0.385. The molecule has 0 bridgehead atoms. The van der Waals surface area contributed by atoms with Crippen LogP contribution in [0.3, 0.4) is 0 Å². The molecular weight excluding hydrogens is 303 g/mol. The van der Waals surface area contributed by atoms with Crippen molar-refractivity contribution in [1.29, 1.82) is 0 Å². The van der Waals surface area contributed by atoms with Gasteiger partial charge < -0.3 is 15.8 Å². The minimum Gasteiger partial charge on any atom is -0.392 e. The summed E-state index contributed by atoms with van der Waals surface area (Å²) >= 11 is 10.7. The summed E-state index contributed by atoms with van der Waals surface area (Å²) in [5.41, 5.74) is 5.22. The number of anilines is 1. The number of nitrogens with two attached hydrogens (primary N) is 1. The van der Waals surface area contributed by atoms with Gasteiger partial charge in [-0.2, -0.15) is 0 Å². The third kappa shape index (κ3) is 2.92. The van der Waals surface area contributed by atoms with Crippen LogP contribution < -0.4 is 11.1 Å². The minimum absolute atomic E-state index is 0.0563. The van der Waals surface area contributed by atoms with E-state index in [1.54, 1.807) is 0 Å². The SMILES string of the molecule is NC(=S)C1(C(=O)Nc2ccc(F)c(Cl)c2)CCOCC1. The molecule has 4 nitrogen and oxygen atoms in total. The topological polar surface area (TPSA) is 64.4 Å². The molecule has 1 aliphatic heterocycles. The second-order valence-electron chi connectivity index (χ2n) is 4.64. The lowest BCUT2D eigenvalue weighted by Gasteiger charge is -2.34. The fourth-order valence-corrected chi connectivity index (χ4v) is 2.61. The number of hydrogen-bond acceptors (Lipinski definition) is 3. The molecule has 20 heavy (non-hydrogen) atoms. The fourth-order valence-electron chi connectivity index (χ4n) is 2.13. The van der Waals surface area contributed by atoms with Crippen molar-refractivity contribution in [1.82, 2.24) is 0 Å². The Balaban J connectivity index is 2.20. The van der Waals surface area contributed by atoms with E-state index in [0.29, 0.717) is 31.7 Å². The van der Waals surface area contributed by atoms with Crippen LogP contribution in [0.5, 0.6) is 0 Å². The number of carbonyl (C=O) groups excluding carboxylic acids is 1. The third-order valence-corrected chi connectivity index (χ3v) is 4.11. The smallest absolute Gasteiger partial charge is 0.237 e. The Kier molecular flexibility index (Phi) is 4.57. The number of hydrogen-bond donors (Lipinski definition) is 2. The monoisotopic (exact) mass is 316 g/mol. The highest BCUT2D eigenvalue weighted by Gasteiger charge is 2.43. The first-order valence-electron chi connectivity index (χ1n) is 6.10. The summed E-state index contributed by atoms with van der Waals surface area (Å²) in [4.78, 5) is 12.6. The van der Waals surface area contributed by atoms with Gasteiger partial charge in [0, 0.05) is 18.9 Å². The quantitative estimate of drug-likeness (QED) is 0.841. The number of nitrogens with one attached hydrogen (secondary N) is 1. The van der Waals surface area contributed by atoms with Crippen molar-refractivity contribution in [3.8, 4) is 0 Å². The van der Waals surface area contributed by atoms with E-state index >= 15 is 0 Å². The number of benzene rings is 1. The predicted molar refractivity (Wildman–Crippen MR) is 79.3 cm³/mol. The van der Waals surface area contributed by atoms with E-state index < -0.39 is 11.2 Å². The Morgan fingerprint density at radius 3 is 2.65 bits per heavy atom. The lowest BCUT2D eigenvalue weighted by Crippen LogP contribution is -2.49. The zero-order chi connectivity index (χ0) is 14.8. The van der Waals surface area contributed by atoms with Crippen LogP contribution in [0.4, 0.5) is 10.1 Å². The highest BCUT2D eigenvalue weighted by atomic mass is 35.5. The zero-order valence-corrected chi connectivity index (χ0v) is 12.2. The van der Waals surface area contributed by atoms with E-state index in [1.807, 2.05) is 0 Å². The first kappa shape index (κ1) is 15.2. The predicted octanol–water partition coefficient (Wildman–Crippen LogP) is 2.50. The van der Waals surface area contributed by atoms with E-state index in [-0.39, 0.29) is 15.9 Å².